The van der Waals surface area contributed by atoms with Crippen molar-refractivity contribution in [3.8, 4) is 12.8 Å². The van der Waals surface area contributed by atoms with Gasteiger partial charge in [0.1, 0.15) is 18.4 Å². The molecule has 1 unspecified atom stereocenters. The lowest BCUT2D eigenvalue weighted by atomic mass is 9.90. The Labute approximate surface area is 353 Å². The van der Waals surface area contributed by atoms with Crippen LogP contribution in [0.1, 0.15) is 131 Å². The third kappa shape index (κ3) is 36.1. The molecule has 1 saturated carbocycles. The van der Waals surface area contributed by atoms with E-state index in [0.29, 0.717) is 16.9 Å². The van der Waals surface area contributed by atoms with E-state index in [1.54, 1.807) is 38.2 Å². The summed E-state index contributed by atoms with van der Waals surface area (Å²) >= 11 is 5.92. The first-order chi connectivity index (χ1) is 27.5. The van der Waals surface area contributed by atoms with Crippen molar-refractivity contribution in [2.24, 2.45) is 5.10 Å². The number of likely N-dealkylation sites (N-methyl/N-ethyl adjacent to an activating group) is 1. The van der Waals surface area contributed by atoms with Crippen molar-refractivity contribution in [3.05, 3.63) is 108 Å². The first-order valence-corrected chi connectivity index (χ1v) is 20.9. The number of carbonyl (C=O) groups excluding carboxylic acids is 2. The minimum atomic E-state index is -1.46. The SMILES string of the molecule is C#C.C/C=C\CCOCCC.C=CCC.CC.CCCC.CN(CC(=O)NC1CCCCC1)/N=C(\C=C\C=O)C(C)(O)c1ccc(Cl)cc1.OCc1ccccc1. The molecular formula is C48H78ClN3O5. The zero-order valence-electron chi connectivity index (χ0n) is 36.9. The first-order valence-electron chi connectivity index (χ1n) is 20.5. The lowest BCUT2D eigenvalue weighted by Gasteiger charge is -2.27. The van der Waals surface area contributed by atoms with Crippen LogP contribution < -0.4 is 5.32 Å². The van der Waals surface area contributed by atoms with Crippen molar-refractivity contribution >= 4 is 29.5 Å². The van der Waals surface area contributed by atoms with E-state index in [1.165, 1.54) is 36.4 Å². The van der Waals surface area contributed by atoms with Crippen LogP contribution in [0, 0.1) is 12.8 Å². The average Bonchev–Trinajstić information content (AvgIpc) is 3.25. The van der Waals surface area contributed by atoms with Gasteiger partial charge in [-0.05, 0) is 81.4 Å². The quantitative estimate of drug-likeness (QED) is 0.0296. The maximum Gasteiger partial charge on any atom is 0.241 e. The Morgan fingerprint density at radius 3 is 2.00 bits per heavy atom. The molecule has 2 aromatic rings. The van der Waals surface area contributed by atoms with E-state index in [2.05, 4.69) is 69.7 Å². The van der Waals surface area contributed by atoms with Crippen LogP contribution in [-0.2, 0) is 26.5 Å². The number of terminal acetylenes is 1. The fourth-order valence-electron chi connectivity index (χ4n) is 4.44. The number of allylic oxidation sites excluding steroid dienone is 3. The molecule has 0 spiro atoms. The van der Waals surface area contributed by atoms with Gasteiger partial charge in [-0.3, -0.25) is 14.6 Å². The van der Waals surface area contributed by atoms with Crippen LogP contribution in [0.5, 0.6) is 0 Å². The highest BCUT2D eigenvalue weighted by molar-refractivity contribution is 6.30. The van der Waals surface area contributed by atoms with Gasteiger partial charge >= 0.3 is 0 Å². The van der Waals surface area contributed by atoms with Crippen LogP contribution in [0.4, 0.5) is 0 Å². The minimum absolute atomic E-state index is 0.0611. The van der Waals surface area contributed by atoms with Gasteiger partial charge in [0.15, 0.2) is 0 Å². The number of hydrogen-bond donors (Lipinski definition) is 3. The van der Waals surface area contributed by atoms with Crippen molar-refractivity contribution in [2.45, 2.75) is 138 Å². The molecule has 1 aliphatic rings. The molecule has 0 aromatic heterocycles. The second kappa shape index (κ2) is 44.7. The van der Waals surface area contributed by atoms with E-state index >= 15 is 0 Å². The summed E-state index contributed by atoms with van der Waals surface area (Å²) in [4.78, 5) is 23.1. The van der Waals surface area contributed by atoms with Crippen molar-refractivity contribution in [1.82, 2.24) is 10.3 Å². The number of aliphatic hydroxyl groups is 2. The van der Waals surface area contributed by atoms with Gasteiger partial charge in [0.2, 0.25) is 5.91 Å². The summed E-state index contributed by atoms with van der Waals surface area (Å²) in [6.07, 6.45) is 28.8. The summed E-state index contributed by atoms with van der Waals surface area (Å²) in [5, 5.41) is 29.0. The van der Waals surface area contributed by atoms with E-state index in [1.807, 2.05) is 57.2 Å². The molecule has 0 bridgehead atoms. The van der Waals surface area contributed by atoms with Crippen LogP contribution in [-0.4, -0.2) is 66.0 Å². The first kappa shape index (κ1) is 59.7. The summed E-state index contributed by atoms with van der Waals surface area (Å²) in [7, 11) is 1.66. The van der Waals surface area contributed by atoms with E-state index in [-0.39, 0.29) is 30.8 Å². The zero-order valence-corrected chi connectivity index (χ0v) is 37.6. The Balaban J connectivity index is -0.000000392. The number of aliphatic hydroxyl groups excluding tert-OH is 1. The van der Waals surface area contributed by atoms with Gasteiger partial charge in [0.05, 0.1) is 18.9 Å². The molecule has 0 radical (unpaired) electrons. The molecule has 0 saturated heterocycles. The van der Waals surface area contributed by atoms with Gasteiger partial charge < -0.3 is 20.3 Å². The number of unbranched alkanes of at least 4 members (excludes halogenated alkanes) is 1. The maximum atomic E-state index is 12.3. The lowest BCUT2D eigenvalue weighted by molar-refractivity contribution is -0.122. The summed E-state index contributed by atoms with van der Waals surface area (Å²) in [5.74, 6) is -0.108. The van der Waals surface area contributed by atoms with Crippen LogP contribution in [0.15, 0.2) is 96.7 Å². The van der Waals surface area contributed by atoms with Crippen molar-refractivity contribution in [3.63, 3.8) is 0 Å². The number of nitrogens with one attached hydrogen (secondary N) is 1. The molecular weight excluding hydrogens is 734 g/mol. The zero-order chi connectivity index (χ0) is 44.2. The molecule has 2 aromatic carbocycles. The normalized spacial score (nSPS) is 12.9. The largest absolute Gasteiger partial charge is 0.392 e. The van der Waals surface area contributed by atoms with Gasteiger partial charge in [-0.1, -0.05) is 146 Å². The number of benzene rings is 2. The topological polar surface area (TPSA) is 111 Å². The number of carbonyl (C=O) groups is 2. The van der Waals surface area contributed by atoms with Gasteiger partial charge in [0.25, 0.3) is 0 Å². The van der Waals surface area contributed by atoms with Crippen molar-refractivity contribution in [2.75, 3.05) is 26.8 Å². The standard InChI is InChI=1S/C21H28ClN3O3.C8H16O.C7H8O.C4H10.C4H8.C2H6.C2H2/c1-21(28,16-10-12-17(22)13-11-16)19(9-6-14-26)24-25(2)15-20(27)23-18-7-4-3-5-8-18;1-3-5-6-8-9-7-4-2;8-6-7-4-2-1-3-5-7;2*1-3-4-2;2*1-2/h6,9-14,18,28H,3-5,7-8,15H2,1-2H3,(H,23,27);3,5H,4,6-8H2,1-2H3;1-5,8H,6H2;3-4H2,1-2H3;3H,1,4H2,2H3;1-2H3;1-2H/b9-6+,24-19+;5-3-;;;;;. The average molecular weight is 813 g/mol. The minimum Gasteiger partial charge on any atom is -0.392 e. The number of amides is 1. The Hall–Kier alpha value is -4.00. The number of ether oxygens (including phenoxy) is 1. The number of aldehydes is 1. The van der Waals surface area contributed by atoms with Crippen LogP contribution >= 0.6 is 11.6 Å². The second-order valence-electron chi connectivity index (χ2n) is 12.6. The summed E-state index contributed by atoms with van der Waals surface area (Å²) < 4.78 is 5.23. The van der Waals surface area contributed by atoms with E-state index < -0.39 is 5.60 Å². The van der Waals surface area contributed by atoms with Crippen LogP contribution in [0.3, 0.4) is 0 Å². The number of rotatable bonds is 16. The fourth-order valence-corrected chi connectivity index (χ4v) is 4.57. The smallest absolute Gasteiger partial charge is 0.241 e. The molecule has 3 N–H and O–H groups in total. The highest BCUT2D eigenvalue weighted by Gasteiger charge is 2.29. The lowest BCUT2D eigenvalue weighted by Crippen LogP contribution is -2.41. The molecule has 0 aliphatic heterocycles. The Morgan fingerprint density at radius 2 is 1.56 bits per heavy atom. The predicted octanol–water partition coefficient (Wildman–Crippen LogP) is 11.3. The number of hydrogen-bond acceptors (Lipinski definition) is 7. The number of nitrogens with zero attached hydrogens (tertiary/aromatic N) is 2. The molecule has 1 amide bonds. The Kier molecular flexibility index (Phi) is 46.8. The van der Waals surface area contributed by atoms with E-state index in [4.69, 9.17) is 21.4 Å². The molecule has 57 heavy (non-hydrogen) atoms. The Bertz CT molecular complexity index is 1300. The third-order valence-corrected chi connectivity index (χ3v) is 7.94. The summed E-state index contributed by atoms with van der Waals surface area (Å²) in [5.41, 5.74) is 0.326. The molecule has 8 nitrogen and oxygen atoms in total. The molecule has 1 fully saturated rings. The highest BCUT2D eigenvalue weighted by atomic mass is 35.5. The Morgan fingerprint density at radius 1 is 1.00 bits per heavy atom. The fraction of sp³-hybridized carbons (Fsp3) is 0.521. The molecule has 0 heterocycles. The van der Waals surface area contributed by atoms with Crippen LogP contribution in [0.2, 0.25) is 5.02 Å². The van der Waals surface area contributed by atoms with Gasteiger partial charge in [0, 0.05) is 24.7 Å². The summed E-state index contributed by atoms with van der Waals surface area (Å²) in [6.45, 7) is 21.6. The summed E-state index contributed by atoms with van der Waals surface area (Å²) in [6, 6.07) is 16.5. The van der Waals surface area contributed by atoms with E-state index in [9.17, 15) is 14.7 Å². The second-order valence-corrected chi connectivity index (χ2v) is 13.0. The van der Waals surface area contributed by atoms with Gasteiger partial charge in [-0.25, -0.2) is 0 Å². The molecule has 1 atom stereocenters. The maximum absolute atomic E-state index is 12.3. The van der Waals surface area contributed by atoms with Gasteiger partial charge in [-0.2, -0.15) is 5.10 Å². The molecule has 3 rings (SSSR count). The number of hydrazone groups is 1. The monoisotopic (exact) mass is 812 g/mol. The predicted molar refractivity (Wildman–Crippen MR) is 247 cm³/mol. The third-order valence-electron chi connectivity index (χ3n) is 7.69. The van der Waals surface area contributed by atoms with Gasteiger partial charge in [-0.15, -0.1) is 19.4 Å². The van der Waals surface area contributed by atoms with E-state index in [0.717, 1.165) is 63.7 Å². The van der Waals surface area contributed by atoms with Crippen molar-refractivity contribution in [1.29, 1.82) is 0 Å². The highest BCUT2D eigenvalue weighted by Crippen LogP contribution is 2.25. The molecule has 322 valence electrons. The van der Waals surface area contributed by atoms with Crippen molar-refractivity contribution < 1.29 is 24.5 Å². The molecule has 9 heteroatoms. The molecule has 1 aliphatic carbocycles. The number of halogens is 1. The van der Waals surface area contributed by atoms with Crippen LogP contribution in [0.25, 0.3) is 0 Å².